The van der Waals surface area contributed by atoms with E-state index in [0.717, 1.165) is 26.3 Å². The molecule has 0 atom stereocenters. The lowest BCUT2D eigenvalue weighted by atomic mass is 10.5. The van der Waals surface area contributed by atoms with Crippen molar-refractivity contribution in [3.05, 3.63) is 0 Å². The standard InChI is InChI=1S/C4H9N2O2P/c7-9-5-6-1-3-8-4-2-6/h1-4H2,(H,5,7). The van der Waals surface area contributed by atoms with Crippen molar-refractivity contribution in [2.24, 2.45) is 0 Å². The molecule has 0 bridgehead atoms. The van der Waals surface area contributed by atoms with E-state index in [-0.39, 0.29) is 8.61 Å². The number of morpholine rings is 1. The molecule has 1 rings (SSSR count). The minimum Gasteiger partial charge on any atom is -0.379 e. The van der Waals surface area contributed by atoms with Crippen LogP contribution in [0.15, 0.2) is 0 Å². The predicted molar refractivity (Wildman–Crippen MR) is 33.1 cm³/mol. The molecule has 0 aromatic rings. The average Bonchev–Trinajstić information content (AvgIpc) is 1.91. The summed E-state index contributed by atoms with van der Waals surface area (Å²) < 4.78 is 15.0. The van der Waals surface area contributed by atoms with Crippen molar-refractivity contribution in [3.63, 3.8) is 0 Å². The van der Waals surface area contributed by atoms with Crippen molar-refractivity contribution in [1.29, 1.82) is 0 Å². The molecular weight excluding hydrogens is 139 g/mol. The zero-order valence-corrected chi connectivity index (χ0v) is 5.93. The van der Waals surface area contributed by atoms with Gasteiger partial charge in [0.15, 0.2) is 0 Å². The molecule has 0 aromatic heterocycles. The zero-order valence-electron chi connectivity index (χ0n) is 5.04. The second-order valence-corrected chi connectivity index (χ2v) is 2.17. The van der Waals surface area contributed by atoms with Crippen LogP contribution in [-0.2, 0) is 9.30 Å². The van der Waals surface area contributed by atoms with Gasteiger partial charge in [-0.3, -0.25) is 4.57 Å². The summed E-state index contributed by atoms with van der Waals surface area (Å²) in [7, 11) is -0.0312. The third kappa shape index (κ3) is 2.37. The third-order valence-corrected chi connectivity index (χ3v) is 1.56. The van der Waals surface area contributed by atoms with E-state index < -0.39 is 0 Å². The lowest BCUT2D eigenvalue weighted by Crippen LogP contribution is -2.41. The van der Waals surface area contributed by atoms with Crippen LogP contribution in [0, 0.1) is 0 Å². The second-order valence-electron chi connectivity index (χ2n) is 1.79. The molecule has 0 saturated carbocycles. The van der Waals surface area contributed by atoms with Crippen LogP contribution < -0.4 is 5.20 Å². The first-order valence-electron chi connectivity index (χ1n) is 2.84. The van der Waals surface area contributed by atoms with E-state index in [1.807, 2.05) is 5.01 Å². The van der Waals surface area contributed by atoms with Gasteiger partial charge in [0.2, 0.25) is 0 Å². The topological polar surface area (TPSA) is 41.6 Å². The van der Waals surface area contributed by atoms with Gasteiger partial charge in [0.1, 0.15) is 0 Å². The van der Waals surface area contributed by atoms with Crippen molar-refractivity contribution < 1.29 is 9.30 Å². The molecule has 1 fully saturated rings. The van der Waals surface area contributed by atoms with E-state index in [1.54, 1.807) is 0 Å². The Hall–Kier alpha value is -0.0200. The van der Waals surface area contributed by atoms with Gasteiger partial charge in [0.05, 0.1) is 13.2 Å². The van der Waals surface area contributed by atoms with Crippen molar-refractivity contribution in [1.82, 2.24) is 10.2 Å². The fourth-order valence-corrected chi connectivity index (χ4v) is 1.04. The molecule has 0 spiro atoms. The maximum atomic E-state index is 9.98. The number of hydrogen-bond acceptors (Lipinski definition) is 3. The smallest absolute Gasteiger partial charge is 0.261 e. The number of hydrogen-bond donors (Lipinski definition) is 1. The van der Waals surface area contributed by atoms with E-state index in [1.165, 1.54) is 0 Å². The number of nitrogens with one attached hydrogen (secondary N) is 1. The fraction of sp³-hybridized carbons (Fsp3) is 1.00. The molecule has 9 heavy (non-hydrogen) atoms. The molecule has 0 aromatic carbocycles. The molecule has 0 radical (unpaired) electrons. The first-order chi connectivity index (χ1) is 4.43. The summed E-state index contributed by atoms with van der Waals surface area (Å²) in [5.41, 5.74) is 0. The molecule has 1 heterocycles. The molecular formula is C4H9N2O2P. The Morgan fingerprint density at radius 1 is 1.44 bits per heavy atom. The van der Waals surface area contributed by atoms with Gasteiger partial charge in [-0.15, -0.1) is 0 Å². The van der Waals surface area contributed by atoms with E-state index in [2.05, 4.69) is 5.20 Å². The summed E-state index contributed by atoms with van der Waals surface area (Å²) in [6, 6.07) is 0. The van der Waals surface area contributed by atoms with E-state index in [9.17, 15) is 4.57 Å². The monoisotopic (exact) mass is 148 g/mol. The molecule has 0 aliphatic carbocycles. The molecule has 4 nitrogen and oxygen atoms in total. The van der Waals surface area contributed by atoms with Crippen LogP contribution in [0.2, 0.25) is 0 Å². The van der Waals surface area contributed by atoms with Crippen LogP contribution in [0.3, 0.4) is 0 Å². The maximum absolute atomic E-state index is 9.98. The fourth-order valence-electron chi connectivity index (χ4n) is 0.721. The number of hydrazine groups is 1. The van der Waals surface area contributed by atoms with Crippen molar-refractivity contribution in [3.8, 4) is 0 Å². The molecule has 1 aliphatic heterocycles. The largest absolute Gasteiger partial charge is 0.379 e. The quantitative estimate of drug-likeness (QED) is 0.561. The lowest BCUT2D eigenvalue weighted by molar-refractivity contribution is 0.0280. The van der Waals surface area contributed by atoms with Crippen LogP contribution in [0.1, 0.15) is 0 Å². The molecule has 1 aliphatic rings. The van der Waals surface area contributed by atoms with Crippen LogP contribution in [-0.4, -0.2) is 31.3 Å². The molecule has 0 amide bonds. The summed E-state index contributed by atoms with van der Waals surface area (Å²) in [5.74, 6) is 0. The van der Waals surface area contributed by atoms with Crippen molar-refractivity contribution >= 4 is 8.61 Å². The number of ether oxygens (including phenoxy) is 1. The Bertz CT molecular complexity index is 94.6. The Labute approximate surface area is 55.4 Å². The minimum absolute atomic E-state index is 0.0312. The Morgan fingerprint density at radius 2 is 2.11 bits per heavy atom. The summed E-state index contributed by atoms with van der Waals surface area (Å²) in [6.07, 6.45) is 0. The van der Waals surface area contributed by atoms with Crippen molar-refractivity contribution in [2.75, 3.05) is 26.3 Å². The van der Waals surface area contributed by atoms with Gasteiger partial charge in [0.25, 0.3) is 8.61 Å². The summed E-state index contributed by atoms with van der Waals surface area (Å²) in [5, 5.41) is 4.53. The lowest BCUT2D eigenvalue weighted by Gasteiger charge is -2.23. The molecule has 5 heteroatoms. The zero-order chi connectivity index (χ0) is 6.53. The van der Waals surface area contributed by atoms with Gasteiger partial charge in [-0.1, -0.05) is 0 Å². The number of nitrogens with zero attached hydrogens (tertiary/aromatic N) is 1. The maximum Gasteiger partial charge on any atom is 0.261 e. The molecule has 0 unspecified atom stereocenters. The SMILES string of the molecule is O=PNN1CCOCC1. The highest BCUT2D eigenvalue weighted by atomic mass is 31.1. The highest BCUT2D eigenvalue weighted by molar-refractivity contribution is 7.20. The van der Waals surface area contributed by atoms with Gasteiger partial charge < -0.3 is 4.74 Å². The third-order valence-electron chi connectivity index (χ3n) is 1.19. The van der Waals surface area contributed by atoms with E-state index in [0.29, 0.717) is 0 Å². The average molecular weight is 148 g/mol. The molecule has 1 N–H and O–H groups in total. The molecule has 1 saturated heterocycles. The van der Waals surface area contributed by atoms with Crippen LogP contribution in [0.4, 0.5) is 0 Å². The van der Waals surface area contributed by atoms with Gasteiger partial charge >= 0.3 is 0 Å². The summed E-state index contributed by atoms with van der Waals surface area (Å²) in [6.45, 7) is 3.08. The summed E-state index contributed by atoms with van der Waals surface area (Å²) >= 11 is 0. The van der Waals surface area contributed by atoms with E-state index in [4.69, 9.17) is 4.74 Å². The minimum atomic E-state index is -0.0312. The number of rotatable bonds is 2. The van der Waals surface area contributed by atoms with Crippen LogP contribution in [0.25, 0.3) is 0 Å². The predicted octanol–water partition coefficient (Wildman–Crippen LogP) is 0.0299. The highest BCUT2D eigenvalue weighted by Gasteiger charge is 2.07. The first kappa shape index (κ1) is 7.09. The summed E-state index contributed by atoms with van der Waals surface area (Å²) in [4.78, 5) is 0. The highest BCUT2D eigenvalue weighted by Crippen LogP contribution is 1.95. The van der Waals surface area contributed by atoms with E-state index >= 15 is 0 Å². The first-order valence-corrected chi connectivity index (χ1v) is 3.65. The van der Waals surface area contributed by atoms with Gasteiger partial charge in [-0.25, -0.2) is 5.01 Å². The van der Waals surface area contributed by atoms with Gasteiger partial charge in [0, 0.05) is 13.1 Å². The van der Waals surface area contributed by atoms with Gasteiger partial charge in [-0.2, -0.15) is 5.20 Å². The molecule has 52 valence electrons. The van der Waals surface area contributed by atoms with Gasteiger partial charge in [-0.05, 0) is 0 Å². The normalized spacial score (nSPS) is 22.7. The second kappa shape index (κ2) is 3.90. The van der Waals surface area contributed by atoms with Crippen LogP contribution >= 0.6 is 8.61 Å². The van der Waals surface area contributed by atoms with Crippen molar-refractivity contribution in [2.45, 2.75) is 0 Å². The van der Waals surface area contributed by atoms with Crippen LogP contribution in [0.5, 0.6) is 0 Å². The Morgan fingerprint density at radius 3 is 2.67 bits per heavy atom. The Kier molecular flexibility index (Phi) is 3.08. The Balaban J connectivity index is 2.15.